The van der Waals surface area contributed by atoms with Crippen LogP contribution in [0.25, 0.3) is 10.4 Å². The minimum Gasteiger partial charge on any atom is -0.469 e. The number of hydrogen-bond acceptors (Lipinski definition) is 5. The van der Waals surface area contributed by atoms with Crippen molar-refractivity contribution < 1.29 is 22.7 Å². The summed E-state index contributed by atoms with van der Waals surface area (Å²) in [6, 6.07) is 15.7. The highest BCUT2D eigenvalue weighted by molar-refractivity contribution is 7.17. The van der Waals surface area contributed by atoms with E-state index >= 15 is 0 Å². The van der Waals surface area contributed by atoms with E-state index in [9.17, 15) is 18.0 Å². The molecule has 0 atom stereocenters. The Hall–Kier alpha value is -3.10. The molecule has 0 saturated heterocycles. The first-order valence-corrected chi connectivity index (χ1v) is 10.9. The molecule has 0 amide bonds. The molecular formula is C24H20ClF3N2O2S. The van der Waals surface area contributed by atoms with Crippen LogP contribution in [0.3, 0.4) is 0 Å². The highest BCUT2D eigenvalue weighted by Gasteiger charge is 2.32. The maximum atomic E-state index is 13.1. The maximum Gasteiger partial charge on any atom is 0.430 e. The molecule has 1 aromatic heterocycles. The number of aliphatic imine (C=N–C) groups is 1. The second kappa shape index (κ2) is 10.2. The van der Waals surface area contributed by atoms with Crippen molar-refractivity contribution >= 4 is 40.3 Å². The highest BCUT2D eigenvalue weighted by Crippen LogP contribution is 2.34. The molecule has 172 valence electrons. The summed E-state index contributed by atoms with van der Waals surface area (Å²) in [4.78, 5) is 17.2. The average Bonchev–Trinajstić information content (AvgIpc) is 3.23. The summed E-state index contributed by atoms with van der Waals surface area (Å²) in [7, 11) is 1.33. The minimum atomic E-state index is -4.69. The molecule has 3 aromatic rings. The molecule has 0 spiro atoms. The Morgan fingerprint density at radius 1 is 1.18 bits per heavy atom. The van der Waals surface area contributed by atoms with Crippen LogP contribution < -0.4 is 5.73 Å². The lowest BCUT2D eigenvalue weighted by atomic mass is 10.0. The van der Waals surface area contributed by atoms with Gasteiger partial charge in [0, 0.05) is 4.88 Å². The maximum absolute atomic E-state index is 13.1. The average molecular weight is 493 g/mol. The standard InChI is InChI=1S/C24H20ClF3N2O2S/c1-14-11-15(12-23(31)32-2)7-8-16(14)20-9-10-21(33-20)19(13-22(29)24(26,27)28)30-18-6-4-3-5-17(18)25/h3-11,13H,12,29H2,1-2H3. The van der Waals surface area contributed by atoms with Crippen LogP contribution in [0.5, 0.6) is 0 Å². The lowest BCUT2D eigenvalue weighted by Gasteiger charge is -2.08. The van der Waals surface area contributed by atoms with E-state index in [0.717, 1.165) is 27.6 Å². The molecule has 9 heteroatoms. The van der Waals surface area contributed by atoms with Crippen LogP contribution in [-0.2, 0) is 16.0 Å². The van der Waals surface area contributed by atoms with Crippen molar-refractivity contribution in [3.05, 3.63) is 87.4 Å². The smallest absolute Gasteiger partial charge is 0.430 e. The van der Waals surface area contributed by atoms with Gasteiger partial charge in [0.15, 0.2) is 0 Å². The van der Waals surface area contributed by atoms with Gasteiger partial charge in [0.05, 0.1) is 34.8 Å². The summed E-state index contributed by atoms with van der Waals surface area (Å²) in [6.07, 6.45) is -3.72. The van der Waals surface area contributed by atoms with Gasteiger partial charge in [-0.3, -0.25) is 4.79 Å². The number of hydrogen-bond donors (Lipinski definition) is 1. The number of carbonyl (C=O) groups is 1. The molecule has 1 heterocycles. The van der Waals surface area contributed by atoms with Crippen molar-refractivity contribution in [2.45, 2.75) is 19.5 Å². The summed E-state index contributed by atoms with van der Waals surface area (Å²) in [5.74, 6) is -0.338. The van der Waals surface area contributed by atoms with E-state index in [1.54, 1.807) is 30.3 Å². The number of carbonyl (C=O) groups excluding carboxylic acids is 1. The van der Waals surface area contributed by atoms with Crippen LogP contribution in [0, 0.1) is 6.92 Å². The zero-order valence-corrected chi connectivity index (χ0v) is 19.3. The molecule has 2 N–H and O–H groups in total. The van der Waals surface area contributed by atoms with Gasteiger partial charge in [-0.1, -0.05) is 41.9 Å². The van der Waals surface area contributed by atoms with E-state index in [1.807, 2.05) is 31.2 Å². The highest BCUT2D eigenvalue weighted by atomic mass is 35.5. The zero-order chi connectivity index (χ0) is 24.2. The molecule has 4 nitrogen and oxygen atoms in total. The second-order valence-electron chi connectivity index (χ2n) is 7.11. The first kappa shape index (κ1) is 24.5. The molecule has 0 saturated carbocycles. The molecule has 0 bridgehead atoms. The van der Waals surface area contributed by atoms with Crippen molar-refractivity contribution in [1.29, 1.82) is 0 Å². The van der Waals surface area contributed by atoms with Crippen molar-refractivity contribution in [2.75, 3.05) is 7.11 Å². The number of thiophene rings is 1. The van der Waals surface area contributed by atoms with E-state index < -0.39 is 11.9 Å². The quantitative estimate of drug-likeness (QED) is 0.311. The molecule has 0 fully saturated rings. The fourth-order valence-electron chi connectivity index (χ4n) is 3.03. The number of halogens is 4. The van der Waals surface area contributed by atoms with E-state index in [-0.39, 0.29) is 18.1 Å². The molecule has 0 aliphatic rings. The van der Waals surface area contributed by atoms with Gasteiger partial charge in [0.2, 0.25) is 0 Å². The molecule has 0 radical (unpaired) electrons. The zero-order valence-electron chi connectivity index (χ0n) is 17.7. The molecule has 0 unspecified atom stereocenters. The van der Waals surface area contributed by atoms with Gasteiger partial charge >= 0.3 is 12.1 Å². The fraction of sp³-hybridized carbons (Fsp3) is 0.167. The number of nitrogens with zero attached hydrogens (tertiary/aromatic N) is 1. The predicted octanol–water partition coefficient (Wildman–Crippen LogP) is 6.62. The van der Waals surface area contributed by atoms with Crippen molar-refractivity contribution in [3.63, 3.8) is 0 Å². The number of rotatable bonds is 6. The SMILES string of the molecule is COC(=O)Cc1ccc(-c2ccc(C(C=C(N)C(F)(F)F)=Nc3ccccc3Cl)s2)c(C)c1. The number of benzene rings is 2. The van der Waals surface area contributed by atoms with E-state index in [2.05, 4.69) is 4.99 Å². The normalized spacial score (nSPS) is 12.7. The number of alkyl halides is 3. The number of nitrogens with two attached hydrogens (primary N) is 1. The van der Waals surface area contributed by atoms with Gasteiger partial charge in [-0.15, -0.1) is 11.3 Å². The first-order valence-electron chi connectivity index (χ1n) is 9.73. The summed E-state index contributed by atoms with van der Waals surface area (Å²) in [5, 5.41) is 0.308. The number of allylic oxidation sites excluding steroid dienone is 2. The van der Waals surface area contributed by atoms with Crippen LogP contribution in [0.4, 0.5) is 18.9 Å². The van der Waals surface area contributed by atoms with Crippen molar-refractivity contribution in [1.82, 2.24) is 0 Å². The summed E-state index contributed by atoms with van der Waals surface area (Å²) in [5.41, 5.74) is 7.02. The topological polar surface area (TPSA) is 64.7 Å². The Morgan fingerprint density at radius 2 is 1.91 bits per heavy atom. The van der Waals surface area contributed by atoms with E-state index in [0.29, 0.717) is 15.6 Å². The summed E-state index contributed by atoms with van der Waals surface area (Å²) in [6.45, 7) is 1.90. The number of ether oxygens (including phenoxy) is 1. The third kappa shape index (κ3) is 6.24. The summed E-state index contributed by atoms with van der Waals surface area (Å²) >= 11 is 7.43. The number of para-hydroxylation sites is 1. The van der Waals surface area contributed by atoms with Gasteiger partial charge in [-0.2, -0.15) is 13.2 Å². The van der Waals surface area contributed by atoms with Crippen LogP contribution in [0.2, 0.25) is 5.02 Å². The van der Waals surface area contributed by atoms with Crippen molar-refractivity contribution in [3.8, 4) is 10.4 Å². The number of esters is 1. The minimum absolute atomic E-state index is 0.0501. The van der Waals surface area contributed by atoms with Gasteiger partial charge in [0.25, 0.3) is 0 Å². The Kier molecular flexibility index (Phi) is 7.61. The van der Waals surface area contributed by atoms with Crippen molar-refractivity contribution in [2.24, 2.45) is 10.7 Å². The molecule has 3 rings (SSSR count). The Morgan fingerprint density at radius 3 is 2.55 bits per heavy atom. The fourth-order valence-corrected chi connectivity index (χ4v) is 4.27. The Labute approximate surface area is 198 Å². The third-order valence-electron chi connectivity index (χ3n) is 4.70. The molecular weight excluding hydrogens is 473 g/mol. The van der Waals surface area contributed by atoms with Gasteiger partial charge < -0.3 is 10.5 Å². The third-order valence-corrected chi connectivity index (χ3v) is 6.16. The lowest BCUT2D eigenvalue weighted by Crippen LogP contribution is -2.20. The van der Waals surface area contributed by atoms with Crippen LogP contribution in [0.1, 0.15) is 16.0 Å². The number of aryl methyl sites for hydroxylation is 1. The second-order valence-corrected chi connectivity index (χ2v) is 8.60. The van der Waals surface area contributed by atoms with Gasteiger partial charge in [-0.05, 0) is 54.0 Å². The van der Waals surface area contributed by atoms with E-state index in [1.165, 1.54) is 18.4 Å². The molecule has 2 aromatic carbocycles. The number of methoxy groups -OCH3 is 1. The van der Waals surface area contributed by atoms with Crippen LogP contribution in [0.15, 0.2) is 71.4 Å². The van der Waals surface area contributed by atoms with Gasteiger partial charge in [0.1, 0.15) is 5.70 Å². The molecule has 0 aliphatic heterocycles. The predicted molar refractivity (Wildman–Crippen MR) is 126 cm³/mol. The van der Waals surface area contributed by atoms with Gasteiger partial charge in [-0.25, -0.2) is 4.99 Å². The van der Waals surface area contributed by atoms with E-state index in [4.69, 9.17) is 22.1 Å². The van der Waals surface area contributed by atoms with Crippen LogP contribution >= 0.6 is 22.9 Å². The Bertz CT molecular complexity index is 1230. The molecule has 0 aliphatic carbocycles. The lowest BCUT2D eigenvalue weighted by molar-refractivity contribution is -0.139. The first-order chi connectivity index (χ1) is 15.6. The monoisotopic (exact) mass is 492 g/mol. The molecule has 33 heavy (non-hydrogen) atoms. The Balaban J connectivity index is 2.02. The summed E-state index contributed by atoms with van der Waals surface area (Å²) < 4.78 is 44.0. The largest absolute Gasteiger partial charge is 0.469 e. The van der Waals surface area contributed by atoms with Crippen LogP contribution in [-0.4, -0.2) is 25.0 Å².